The van der Waals surface area contributed by atoms with Crippen LogP contribution in [0.4, 0.5) is 5.69 Å². The third-order valence-electron chi connectivity index (χ3n) is 4.19. The normalized spacial score (nSPS) is 11.4. The fourth-order valence-electron chi connectivity index (χ4n) is 2.64. The first kappa shape index (κ1) is 24.2. The Labute approximate surface area is 185 Å². The van der Waals surface area contributed by atoms with Crippen LogP contribution in [0.3, 0.4) is 0 Å². The molecule has 10 heteroatoms. The summed E-state index contributed by atoms with van der Waals surface area (Å²) in [6.45, 7) is 3.65. The molecule has 0 saturated heterocycles. The van der Waals surface area contributed by atoms with E-state index in [0.717, 1.165) is 4.90 Å². The average molecular weight is 471 g/mol. The smallest absolute Gasteiger partial charge is 0.340 e. The molecule has 0 fully saturated rings. The van der Waals surface area contributed by atoms with E-state index in [0.29, 0.717) is 13.1 Å². The number of halogens is 1. The number of thioether (sulfide) groups is 1. The van der Waals surface area contributed by atoms with Crippen LogP contribution in [0.1, 0.15) is 24.2 Å². The van der Waals surface area contributed by atoms with E-state index in [1.165, 1.54) is 34.3 Å². The second-order valence-corrected chi connectivity index (χ2v) is 9.31. The van der Waals surface area contributed by atoms with Gasteiger partial charge in [0.15, 0.2) is 6.61 Å². The number of hydrogen-bond donors (Lipinski definition) is 1. The van der Waals surface area contributed by atoms with E-state index in [2.05, 4.69) is 5.32 Å². The van der Waals surface area contributed by atoms with Crippen molar-refractivity contribution in [2.75, 3.05) is 31.3 Å². The van der Waals surface area contributed by atoms with Gasteiger partial charge in [0.1, 0.15) is 0 Å². The van der Waals surface area contributed by atoms with Gasteiger partial charge in [-0.15, -0.1) is 11.8 Å². The molecule has 2 aromatic carbocycles. The maximum Gasteiger partial charge on any atom is 0.340 e. The van der Waals surface area contributed by atoms with Gasteiger partial charge in [-0.05, 0) is 42.7 Å². The number of nitrogens with one attached hydrogen (secondary N) is 1. The molecule has 0 aliphatic carbocycles. The quantitative estimate of drug-likeness (QED) is 0.441. The first-order chi connectivity index (χ1) is 14.2. The van der Waals surface area contributed by atoms with Crippen LogP contribution in [-0.2, 0) is 19.6 Å². The minimum atomic E-state index is -3.65. The zero-order valence-electron chi connectivity index (χ0n) is 16.8. The number of amides is 1. The molecular weight excluding hydrogens is 448 g/mol. The van der Waals surface area contributed by atoms with E-state index in [1.54, 1.807) is 38.1 Å². The van der Waals surface area contributed by atoms with E-state index in [4.69, 9.17) is 16.3 Å². The molecule has 0 aromatic heterocycles. The number of esters is 1. The van der Waals surface area contributed by atoms with Gasteiger partial charge in [0, 0.05) is 23.7 Å². The van der Waals surface area contributed by atoms with Gasteiger partial charge in [-0.1, -0.05) is 31.5 Å². The van der Waals surface area contributed by atoms with Gasteiger partial charge in [0.2, 0.25) is 10.0 Å². The predicted molar refractivity (Wildman–Crippen MR) is 119 cm³/mol. The highest BCUT2D eigenvalue weighted by atomic mass is 35.5. The number of sulfonamides is 1. The zero-order valence-corrected chi connectivity index (χ0v) is 19.2. The van der Waals surface area contributed by atoms with Crippen LogP contribution < -0.4 is 5.32 Å². The largest absolute Gasteiger partial charge is 0.452 e. The molecule has 162 valence electrons. The summed E-state index contributed by atoms with van der Waals surface area (Å²) in [4.78, 5) is 25.3. The lowest BCUT2D eigenvalue weighted by molar-refractivity contribution is -0.119. The highest BCUT2D eigenvalue weighted by Gasteiger charge is 2.22. The van der Waals surface area contributed by atoms with Crippen molar-refractivity contribution in [3.63, 3.8) is 0 Å². The number of rotatable bonds is 9. The van der Waals surface area contributed by atoms with Crippen molar-refractivity contribution in [3.05, 3.63) is 53.1 Å². The molecule has 1 N–H and O–H groups in total. The third kappa shape index (κ3) is 5.98. The SMILES string of the molecule is CCN(CC)S(=O)(=O)c1cccc(NC(=O)COC(=O)c2cc(SC)ccc2Cl)c1. The second-order valence-electron chi connectivity index (χ2n) is 6.09. The molecule has 0 heterocycles. The highest BCUT2D eigenvalue weighted by Crippen LogP contribution is 2.24. The Morgan fingerprint density at radius 2 is 1.83 bits per heavy atom. The Morgan fingerprint density at radius 1 is 1.13 bits per heavy atom. The molecule has 0 unspecified atom stereocenters. The molecule has 0 saturated carbocycles. The summed E-state index contributed by atoms with van der Waals surface area (Å²) in [5.74, 6) is -1.32. The van der Waals surface area contributed by atoms with E-state index in [9.17, 15) is 18.0 Å². The summed E-state index contributed by atoms with van der Waals surface area (Å²) in [5.41, 5.74) is 0.454. The predicted octanol–water partition coefficient (Wildman–Crippen LogP) is 3.89. The van der Waals surface area contributed by atoms with Gasteiger partial charge in [-0.25, -0.2) is 13.2 Å². The van der Waals surface area contributed by atoms with Gasteiger partial charge >= 0.3 is 5.97 Å². The van der Waals surface area contributed by atoms with Crippen molar-refractivity contribution >= 4 is 50.9 Å². The lowest BCUT2D eigenvalue weighted by atomic mass is 10.2. The molecule has 0 aliphatic rings. The van der Waals surface area contributed by atoms with Crippen LogP contribution in [-0.4, -0.2) is 50.6 Å². The highest BCUT2D eigenvalue weighted by molar-refractivity contribution is 7.98. The number of carbonyl (C=O) groups excluding carboxylic acids is 2. The summed E-state index contributed by atoms with van der Waals surface area (Å²) in [6, 6.07) is 10.9. The van der Waals surface area contributed by atoms with Crippen LogP contribution in [0, 0.1) is 0 Å². The fourth-order valence-corrected chi connectivity index (χ4v) is 4.78. The summed E-state index contributed by atoms with van der Waals surface area (Å²) < 4.78 is 31.6. The molecule has 7 nitrogen and oxygen atoms in total. The summed E-state index contributed by atoms with van der Waals surface area (Å²) in [6.07, 6.45) is 1.86. The molecule has 0 aliphatic heterocycles. The molecule has 2 aromatic rings. The summed E-state index contributed by atoms with van der Waals surface area (Å²) in [7, 11) is -3.65. The maximum absolute atomic E-state index is 12.6. The first-order valence-corrected chi connectivity index (χ1v) is 12.2. The number of benzene rings is 2. The Balaban J connectivity index is 2.05. The molecule has 0 bridgehead atoms. The molecular formula is C20H23ClN2O5S2. The Bertz CT molecular complexity index is 1020. The number of nitrogens with zero attached hydrogens (tertiary/aromatic N) is 1. The van der Waals surface area contributed by atoms with Gasteiger partial charge in [0.05, 0.1) is 15.5 Å². The zero-order chi connectivity index (χ0) is 22.3. The van der Waals surface area contributed by atoms with E-state index >= 15 is 0 Å². The average Bonchev–Trinajstić information content (AvgIpc) is 2.73. The molecule has 0 radical (unpaired) electrons. The lowest BCUT2D eigenvalue weighted by Gasteiger charge is -2.18. The third-order valence-corrected chi connectivity index (χ3v) is 7.29. The minimum absolute atomic E-state index is 0.0710. The van der Waals surface area contributed by atoms with Gasteiger partial charge < -0.3 is 10.1 Å². The lowest BCUT2D eigenvalue weighted by Crippen LogP contribution is -2.30. The molecule has 30 heavy (non-hydrogen) atoms. The van der Waals surface area contributed by atoms with E-state index in [1.807, 2.05) is 6.26 Å². The van der Waals surface area contributed by atoms with Crippen molar-refractivity contribution in [2.45, 2.75) is 23.6 Å². The van der Waals surface area contributed by atoms with Crippen molar-refractivity contribution in [1.82, 2.24) is 4.31 Å². The van der Waals surface area contributed by atoms with E-state index in [-0.39, 0.29) is 21.2 Å². The van der Waals surface area contributed by atoms with E-state index < -0.39 is 28.5 Å². The topological polar surface area (TPSA) is 92.8 Å². The Kier molecular flexibility index (Phi) is 8.72. The Morgan fingerprint density at radius 3 is 2.47 bits per heavy atom. The van der Waals surface area contributed by atoms with Crippen molar-refractivity contribution < 1.29 is 22.7 Å². The van der Waals surface area contributed by atoms with Crippen molar-refractivity contribution in [1.29, 1.82) is 0 Å². The van der Waals surface area contributed by atoms with Gasteiger partial charge in [0.25, 0.3) is 5.91 Å². The molecule has 0 spiro atoms. The Hall–Kier alpha value is -2.07. The summed E-state index contributed by atoms with van der Waals surface area (Å²) >= 11 is 7.48. The standard InChI is InChI=1S/C20H23ClN2O5S2/c1-4-23(5-2)30(26,27)16-8-6-7-14(11-16)22-19(24)13-28-20(25)17-12-15(29-3)9-10-18(17)21/h6-12H,4-5,13H2,1-3H3,(H,22,24). The van der Waals surface area contributed by atoms with Crippen LogP contribution in [0.2, 0.25) is 5.02 Å². The second kappa shape index (κ2) is 10.8. The van der Waals surface area contributed by atoms with Crippen molar-refractivity contribution in [2.24, 2.45) is 0 Å². The first-order valence-electron chi connectivity index (χ1n) is 9.13. The maximum atomic E-state index is 12.6. The molecule has 1 amide bonds. The number of anilines is 1. The fraction of sp³-hybridized carbons (Fsp3) is 0.300. The monoisotopic (exact) mass is 470 g/mol. The number of carbonyl (C=O) groups is 2. The number of ether oxygens (including phenoxy) is 1. The summed E-state index contributed by atoms with van der Waals surface area (Å²) in [5, 5.41) is 2.77. The van der Waals surface area contributed by atoms with Gasteiger partial charge in [-0.3, -0.25) is 4.79 Å². The number of hydrogen-bond acceptors (Lipinski definition) is 6. The van der Waals surface area contributed by atoms with Crippen LogP contribution in [0.25, 0.3) is 0 Å². The van der Waals surface area contributed by atoms with Crippen molar-refractivity contribution in [3.8, 4) is 0 Å². The minimum Gasteiger partial charge on any atom is -0.452 e. The molecule has 2 rings (SSSR count). The van der Waals surface area contributed by atoms with Crippen LogP contribution in [0.15, 0.2) is 52.3 Å². The van der Waals surface area contributed by atoms with Gasteiger partial charge in [-0.2, -0.15) is 4.31 Å². The van der Waals surface area contributed by atoms with Crippen LogP contribution in [0.5, 0.6) is 0 Å². The molecule has 0 atom stereocenters. The van der Waals surface area contributed by atoms with Crippen LogP contribution >= 0.6 is 23.4 Å².